The molecule has 0 atom stereocenters. The van der Waals surface area contributed by atoms with Crippen LogP contribution in [0.25, 0.3) is 0 Å². The monoisotopic (exact) mass is 223 g/mol. The van der Waals surface area contributed by atoms with Crippen LogP contribution in [0.4, 0.5) is 0 Å². The summed E-state index contributed by atoms with van der Waals surface area (Å²) in [6, 6.07) is 2.03. The molecule has 4 nitrogen and oxygen atoms in total. The minimum atomic E-state index is 0.311. The lowest BCUT2D eigenvalue weighted by atomic mass is 9.67. The number of aliphatic hydroxyl groups is 1. The van der Waals surface area contributed by atoms with Gasteiger partial charge in [0.05, 0.1) is 5.69 Å². The molecule has 1 aromatic rings. The van der Waals surface area contributed by atoms with E-state index in [-0.39, 0.29) is 0 Å². The predicted octanol–water partition coefficient (Wildman–Crippen LogP) is 1.06. The maximum absolute atomic E-state index is 9.04. The molecule has 0 amide bonds. The highest BCUT2D eigenvalue weighted by Gasteiger charge is 2.35. The van der Waals surface area contributed by atoms with Crippen LogP contribution in [-0.4, -0.2) is 28.0 Å². The van der Waals surface area contributed by atoms with Crippen LogP contribution in [0.15, 0.2) is 12.3 Å². The van der Waals surface area contributed by atoms with Crippen molar-refractivity contribution in [2.24, 2.45) is 12.5 Å². The zero-order chi connectivity index (χ0) is 11.4. The molecular weight excluding hydrogens is 202 g/mol. The van der Waals surface area contributed by atoms with E-state index in [1.165, 1.54) is 19.3 Å². The molecule has 1 heterocycles. The number of rotatable bonds is 6. The van der Waals surface area contributed by atoms with Gasteiger partial charge in [-0.25, -0.2) is 0 Å². The summed E-state index contributed by atoms with van der Waals surface area (Å²) < 4.78 is 1.82. The second-order valence-corrected chi connectivity index (χ2v) is 4.91. The molecule has 1 aliphatic rings. The van der Waals surface area contributed by atoms with Crippen molar-refractivity contribution in [1.82, 2.24) is 15.1 Å². The lowest BCUT2D eigenvalue weighted by Gasteiger charge is -2.42. The molecule has 0 unspecified atom stereocenters. The van der Waals surface area contributed by atoms with E-state index in [0.717, 1.165) is 25.2 Å². The van der Waals surface area contributed by atoms with Gasteiger partial charge in [-0.2, -0.15) is 5.10 Å². The largest absolute Gasteiger partial charge is 0.396 e. The minimum Gasteiger partial charge on any atom is -0.396 e. The molecule has 1 fully saturated rings. The maximum atomic E-state index is 9.04. The number of aliphatic hydroxyl groups excluding tert-OH is 1. The lowest BCUT2D eigenvalue weighted by Crippen LogP contribution is -2.40. The average molecular weight is 223 g/mol. The summed E-state index contributed by atoms with van der Waals surface area (Å²) in [4.78, 5) is 0. The van der Waals surface area contributed by atoms with Crippen LogP contribution in [0.5, 0.6) is 0 Å². The highest BCUT2D eigenvalue weighted by molar-refractivity contribution is 4.98. The first kappa shape index (κ1) is 11.6. The van der Waals surface area contributed by atoms with Gasteiger partial charge in [0.25, 0.3) is 0 Å². The van der Waals surface area contributed by atoms with Crippen LogP contribution in [0.3, 0.4) is 0 Å². The maximum Gasteiger partial charge on any atom is 0.0762 e. The Balaban J connectivity index is 1.74. The number of nitrogens with zero attached hydrogens (tertiary/aromatic N) is 2. The molecule has 1 saturated carbocycles. The van der Waals surface area contributed by atoms with Gasteiger partial charge in [-0.3, -0.25) is 4.68 Å². The number of aryl methyl sites for hydroxylation is 1. The van der Waals surface area contributed by atoms with E-state index >= 15 is 0 Å². The normalized spacial score (nSPS) is 18.4. The molecule has 0 bridgehead atoms. The quantitative estimate of drug-likeness (QED) is 0.758. The fourth-order valence-electron chi connectivity index (χ4n) is 2.44. The zero-order valence-electron chi connectivity index (χ0n) is 9.95. The molecular formula is C12H21N3O. The van der Waals surface area contributed by atoms with Crippen LogP contribution >= 0.6 is 0 Å². The van der Waals surface area contributed by atoms with Crippen molar-refractivity contribution in [1.29, 1.82) is 0 Å². The molecule has 2 N–H and O–H groups in total. The average Bonchev–Trinajstić information content (AvgIpc) is 2.60. The van der Waals surface area contributed by atoms with E-state index in [9.17, 15) is 0 Å². The van der Waals surface area contributed by atoms with Crippen molar-refractivity contribution in [3.63, 3.8) is 0 Å². The van der Waals surface area contributed by atoms with Gasteiger partial charge in [0.2, 0.25) is 0 Å². The molecule has 1 aliphatic carbocycles. The van der Waals surface area contributed by atoms with Crippen molar-refractivity contribution in [3.05, 3.63) is 18.0 Å². The van der Waals surface area contributed by atoms with Gasteiger partial charge in [0.1, 0.15) is 0 Å². The van der Waals surface area contributed by atoms with Crippen LogP contribution in [0, 0.1) is 5.41 Å². The summed E-state index contributed by atoms with van der Waals surface area (Å²) >= 11 is 0. The molecule has 0 spiro atoms. The van der Waals surface area contributed by atoms with Crippen LogP contribution in [0.2, 0.25) is 0 Å². The van der Waals surface area contributed by atoms with Gasteiger partial charge in [-0.1, -0.05) is 6.42 Å². The summed E-state index contributed by atoms with van der Waals surface area (Å²) in [5, 5.41) is 16.8. The Hall–Kier alpha value is -0.870. The SMILES string of the molecule is Cn1ccc(CNCC2(CCO)CCC2)n1. The molecule has 2 rings (SSSR count). The van der Waals surface area contributed by atoms with Crippen molar-refractivity contribution >= 4 is 0 Å². The molecule has 0 aromatic carbocycles. The molecule has 90 valence electrons. The van der Waals surface area contributed by atoms with Gasteiger partial charge in [0, 0.05) is 32.9 Å². The van der Waals surface area contributed by atoms with Gasteiger partial charge in [-0.15, -0.1) is 0 Å². The minimum absolute atomic E-state index is 0.311. The van der Waals surface area contributed by atoms with Gasteiger partial charge in [0.15, 0.2) is 0 Å². The Morgan fingerprint density at radius 1 is 1.56 bits per heavy atom. The Kier molecular flexibility index (Phi) is 3.61. The van der Waals surface area contributed by atoms with E-state index in [2.05, 4.69) is 10.4 Å². The standard InChI is InChI=1S/C12H21N3O/c1-15-7-3-11(14-15)9-13-10-12(6-8-16)4-2-5-12/h3,7,13,16H,2,4-6,8-10H2,1H3. The Labute approximate surface area is 96.7 Å². The van der Waals surface area contributed by atoms with Crippen LogP contribution in [-0.2, 0) is 13.6 Å². The first-order valence-corrected chi connectivity index (χ1v) is 6.04. The van der Waals surface area contributed by atoms with Gasteiger partial charge < -0.3 is 10.4 Å². The third-order valence-corrected chi connectivity index (χ3v) is 3.63. The highest BCUT2D eigenvalue weighted by atomic mass is 16.3. The first-order chi connectivity index (χ1) is 7.74. The fraction of sp³-hybridized carbons (Fsp3) is 0.750. The first-order valence-electron chi connectivity index (χ1n) is 6.04. The van der Waals surface area contributed by atoms with E-state index in [1.807, 2.05) is 24.0 Å². The number of aromatic nitrogens is 2. The predicted molar refractivity (Wildman–Crippen MR) is 62.9 cm³/mol. The summed E-state index contributed by atoms with van der Waals surface area (Å²) in [6.07, 6.45) is 6.71. The van der Waals surface area contributed by atoms with E-state index in [4.69, 9.17) is 5.11 Å². The lowest BCUT2D eigenvalue weighted by molar-refractivity contribution is 0.0858. The van der Waals surface area contributed by atoms with E-state index in [1.54, 1.807) is 0 Å². The van der Waals surface area contributed by atoms with E-state index < -0.39 is 0 Å². The molecule has 4 heteroatoms. The second-order valence-electron chi connectivity index (χ2n) is 4.91. The fourth-order valence-corrected chi connectivity index (χ4v) is 2.44. The summed E-state index contributed by atoms with van der Waals surface area (Å²) in [5.41, 5.74) is 1.45. The summed E-state index contributed by atoms with van der Waals surface area (Å²) in [7, 11) is 1.93. The summed E-state index contributed by atoms with van der Waals surface area (Å²) in [5.74, 6) is 0. The number of hydrogen-bond acceptors (Lipinski definition) is 3. The van der Waals surface area contributed by atoms with Crippen LogP contribution < -0.4 is 5.32 Å². The van der Waals surface area contributed by atoms with Gasteiger partial charge in [-0.05, 0) is 30.7 Å². The number of nitrogens with one attached hydrogen (secondary N) is 1. The van der Waals surface area contributed by atoms with Crippen LogP contribution in [0.1, 0.15) is 31.4 Å². The molecule has 16 heavy (non-hydrogen) atoms. The van der Waals surface area contributed by atoms with Crippen molar-refractivity contribution < 1.29 is 5.11 Å². The zero-order valence-corrected chi connectivity index (χ0v) is 9.95. The summed E-state index contributed by atoms with van der Waals surface area (Å²) in [6.45, 7) is 2.14. The third kappa shape index (κ3) is 2.62. The number of hydrogen-bond donors (Lipinski definition) is 2. The molecule has 0 aliphatic heterocycles. The highest BCUT2D eigenvalue weighted by Crippen LogP contribution is 2.43. The molecule has 0 radical (unpaired) electrons. The molecule has 1 aromatic heterocycles. The topological polar surface area (TPSA) is 50.1 Å². The second kappa shape index (κ2) is 4.97. The van der Waals surface area contributed by atoms with Gasteiger partial charge >= 0.3 is 0 Å². The Morgan fingerprint density at radius 2 is 2.38 bits per heavy atom. The van der Waals surface area contributed by atoms with Crippen molar-refractivity contribution in [3.8, 4) is 0 Å². The Bertz CT molecular complexity index is 331. The van der Waals surface area contributed by atoms with E-state index in [0.29, 0.717) is 12.0 Å². The van der Waals surface area contributed by atoms with Crippen molar-refractivity contribution in [2.75, 3.05) is 13.2 Å². The Morgan fingerprint density at radius 3 is 2.88 bits per heavy atom. The smallest absolute Gasteiger partial charge is 0.0762 e. The molecule has 0 saturated heterocycles. The third-order valence-electron chi connectivity index (χ3n) is 3.63. The van der Waals surface area contributed by atoms with Crippen molar-refractivity contribution in [2.45, 2.75) is 32.2 Å².